The molecule has 1 aliphatic heterocycles. The van der Waals surface area contributed by atoms with Crippen LogP contribution in [0.4, 0.5) is 8.78 Å². The average Bonchev–Trinajstić information content (AvgIpc) is 2.47. The molecule has 1 heterocycles. The maximum atomic E-state index is 13.6. The van der Waals surface area contributed by atoms with Gasteiger partial charge >= 0.3 is 0 Å². The molecule has 0 bridgehead atoms. The molecule has 21 heavy (non-hydrogen) atoms. The zero-order valence-corrected chi connectivity index (χ0v) is 13.0. The molecule has 0 amide bonds. The standard InChI is InChI=1S/C15H21F2NO2S/c1-2-21(19,20)18-10-4-5-12(11-18)8-9-13-14(16)6-3-7-15(13)17/h3,6-7,12H,2,4-5,8-11H2,1H3/t12-/m0/s1. The largest absolute Gasteiger partial charge is 0.213 e. The van der Waals surface area contributed by atoms with Gasteiger partial charge in [0.15, 0.2) is 0 Å². The van der Waals surface area contributed by atoms with E-state index in [1.807, 2.05) is 0 Å². The summed E-state index contributed by atoms with van der Waals surface area (Å²) >= 11 is 0. The van der Waals surface area contributed by atoms with Crippen LogP contribution in [-0.4, -0.2) is 31.6 Å². The second-order valence-electron chi connectivity index (χ2n) is 5.51. The van der Waals surface area contributed by atoms with Gasteiger partial charge in [-0.3, -0.25) is 0 Å². The smallest absolute Gasteiger partial charge is 0.212 e. The molecule has 0 unspecified atom stereocenters. The Balaban J connectivity index is 1.98. The fraction of sp³-hybridized carbons (Fsp3) is 0.600. The Morgan fingerprint density at radius 2 is 1.95 bits per heavy atom. The Morgan fingerprint density at radius 3 is 2.57 bits per heavy atom. The van der Waals surface area contributed by atoms with E-state index in [2.05, 4.69) is 0 Å². The van der Waals surface area contributed by atoms with Crippen molar-refractivity contribution >= 4 is 10.0 Å². The molecule has 2 rings (SSSR count). The van der Waals surface area contributed by atoms with Crippen LogP contribution >= 0.6 is 0 Å². The lowest BCUT2D eigenvalue weighted by Crippen LogP contribution is -2.40. The molecule has 1 atom stereocenters. The van der Waals surface area contributed by atoms with Crippen molar-refractivity contribution in [3.05, 3.63) is 35.4 Å². The van der Waals surface area contributed by atoms with Gasteiger partial charge in [-0.2, -0.15) is 0 Å². The van der Waals surface area contributed by atoms with Crippen LogP contribution in [0.1, 0.15) is 31.7 Å². The van der Waals surface area contributed by atoms with Gasteiger partial charge in [0.25, 0.3) is 0 Å². The lowest BCUT2D eigenvalue weighted by atomic mass is 9.92. The van der Waals surface area contributed by atoms with Crippen molar-refractivity contribution in [2.24, 2.45) is 5.92 Å². The predicted molar refractivity (Wildman–Crippen MR) is 78.4 cm³/mol. The summed E-state index contributed by atoms with van der Waals surface area (Å²) in [6.07, 6.45) is 2.63. The van der Waals surface area contributed by atoms with Crippen molar-refractivity contribution in [2.75, 3.05) is 18.8 Å². The van der Waals surface area contributed by atoms with Crippen molar-refractivity contribution in [3.8, 4) is 0 Å². The topological polar surface area (TPSA) is 37.4 Å². The van der Waals surface area contributed by atoms with E-state index in [4.69, 9.17) is 0 Å². The molecule has 1 aliphatic rings. The Morgan fingerprint density at radius 1 is 1.29 bits per heavy atom. The summed E-state index contributed by atoms with van der Waals surface area (Å²) < 4.78 is 52.4. The second kappa shape index (κ2) is 6.83. The summed E-state index contributed by atoms with van der Waals surface area (Å²) in [6.45, 7) is 2.65. The van der Waals surface area contributed by atoms with E-state index in [0.29, 0.717) is 25.9 Å². The van der Waals surface area contributed by atoms with Crippen LogP contribution in [0.25, 0.3) is 0 Å². The Bertz CT molecular complexity index is 569. The summed E-state index contributed by atoms with van der Waals surface area (Å²) in [5, 5.41) is 0. The van der Waals surface area contributed by atoms with E-state index in [1.165, 1.54) is 22.5 Å². The quantitative estimate of drug-likeness (QED) is 0.837. The highest BCUT2D eigenvalue weighted by Crippen LogP contribution is 2.25. The molecule has 6 heteroatoms. The highest BCUT2D eigenvalue weighted by Gasteiger charge is 2.27. The summed E-state index contributed by atoms with van der Waals surface area (Å²) in [6, 6.07) is 3.87. The van der Waals surface area contributed by atoms with Crippen molar-refractivity contribution in [1.29, 1.82) is 0 Å². The molecular weight excluding hydrogens is 296 g/mol. The molecule has 1 fully saturated rings. The van der Waals surface area contributed by atoms with Gasteiger partial charge in [0.2, 0.25) is 10.0 Å². The first kappa shape index (κ1) is 16.4. The first-order valence-electron chi connectivity index (χ1n) is 7.34. The number of hydrogen-bond donors (Lipinski definition) is 0. The number of halogens is 2. The molecule has 0 radical (unpaired) electrons. The van der Waals surface area contributed by atoms with Crippen LogP contribution in [0.15, 0.2) is 18.2 Å². The maximum absolute atomic E-state index is 13.6. The minimum absolute atomic E-state index is 0.0989. The van der Waals surface area contributed by atoms with Crippen LogP contribution < -0.4 is 0 Å². The minimum Gasteiger partial charge on any atom is -0.212 e. The van der Waals surface area contributed by atoms with Crippen molar-refractivity contribution < 1.29 is 17.2 Å². The Kier molecular flexibility index (Phi) is 5.32. The molecular formula is C15H21F2NO2S. The maximum Gasteiger partial charge on any atom is 0.213 e. The van der Waals surface area contributed by atoms with E-state index in [0.717, 1.165) is 12.8 Å². The Hall–Kier alpha value is -1.01. The monoisotopic (exact) mass is 317 g/mol. The van der Waals surface area contributed by atoms with Gasteiger partial charge in [0.05, 0.1) is 5.75 Å². The van der Waals surface area contributed by atoms with E-state index in [1.54, 1.807) is 6.92 Å². The third kappa shape index (κ3) is 4.01. The first-order chi connectivity index (χ1) is 9.94. The van der Waals surface area contributed by atoms with E-state index >= 15 is 0 Å². The lowest BCUT2D eigenvalue weighted by Gasteiger charge is -2.31. The number of rotatable bonds is 5. The normalized spacial score (nSPS) is 20.6. The molecule has 118 valence electrons. The fourth-order valence-electron chi connectivity index (χ4n) is 2.82. The van der Waals surface area contributed by atoms with E-state index in [-0.39, 0.29) is 17.2 Å². The van der Waals surface area contributed by atoms with Crippen LogP contribution in [-0.2, 0) is 16.4 Å². The molecule has 1 aromatic rings. The highest BCUT2D eigenvalue weighted by atomic mass is 32.2. The lowest BCUT2D eigenvalue weighted by molar-refractivity contribution is 0.255. The molecule has 0 saturated carbocycles. The van der Waals surface area contributed by atoms with Crippen LogP contribution in [0.5, 0.6) is 0 Å². The molecule has 0 aliphatic carbocycles. The summed E-state index contributed by atoms with van der Waals surface area (Å²) in [5.74, 6) is -0.784. The van der Waals surface area contributed by atoms with E-state index < -0.39 is 21.7 Å². The number of piperidine rings is 1. The van der Waals surface area contributed by atoms with Gasteiger partial charge in [-0.1, -0.05) is 6.07 Å². The zero-order valence-electron chi connectivity index (χ0n) is 12.2. The fourth-order valence-corrected chi connectivity index (χ4v) is 4.03. The van der Waals surface area contributed by atoms with Gasteiger partial charge in [0, 0.05) is 18.7 Å². The Labute approximate surface area is 125 Å². The van der Waals surface area contributed by atoms with Gasteiger partial charge in [-0.15, -0.1) is 0 Å². The average molecular weight is 317 g/mol. The summed E-state index contributed by atoms with van der Waals surface area (Å²) in [7, 11) is -3.17. The first-order valence-corrected chi connectivity index (χ1v) is 8.95. The molecule has 1 aromatic carbocycles. The second-order valence-corrected chi connectivity index (χ2v) is 7.76. The van der Waals surface area contributed by atoms with Gasteiger partial charge in [0.1, 0.15) is 11.6 Å². The third-order valence-electron chi connectivity index (χ3n) is 4.10. The molecule has 0 spiro atoms. The van der Waals surface area contributed by atoms with Crippen LogP contribution in [0.3, 0.4) is 0 Å². The van der Waals surface area contributed by atoms with Gasteiger partial charge in [-0.25, -0.2) is 21.5 Å². The van der Waals surface area contributed by atoms with Crippen LogP contribution in [0.2, 0.25) is 0 Å². The zero-order chi connectivity index (χ0) is 15.5. The predicted octanol–water partition coefficient (Wildman–Crippen LogP) is 2.96. The van der Waals surface area contributed by atoms with Crippen LogP contribution in [0, 0.1) is 17.6 Å². The number of benzene rings is 1. The van der Waals surface area contributed by atoms with Crippen molar-refractivity contribution in [2.45, 2.75) is 32.6 Å². The number of sulfonamides is 1. The van der Waals surface area contributed by atoms with Gasteiger partial charge < -0.3 is 0 Å². The highest BCUT2D eigenvalue weighted by molar-refractivity contribution is 7.89. The molecule has 0 N–H and O–H groups in total. The van der Waals surface area contributed by atoms with Crippen molar-refractivity contribution in [3.63, 3.8) is 0 Å². The summed E-state index contributed by atoms with van der Waals surface area (Å²) in [5.41, 5.74) is 0.105. The number of nitrogens with zero attached hydrogens (tertiary/aromatic N) is 1. The SMILES string of the molecule is CCS(=O)(=O)N1CCC[C@@H](CCc2c(F)cccc2F)C1. The summed E-state index contributed by atoms with van der Waals surface area (Å²) in [4.78, 5) is 0. The number of hydrogen-bond acceptors (Lipinski definition) is 2. The van der Waals surface area contributed by atoms with E-state index in [9.17, 15) is 17.2 Å². The van der Waals surface area contributed by atoms with Crippen molar-refractivity contribution in [1.82, 2.24) is 4.31 Å². The van der Waals surface area contributed by atoms with Gasteiger partial charge in [-0.05, 0) is 50.7 Å². The third-order valence-corrected chi connectivity index (χ3v) is 5.95. The minimum atomic E-state index is -3.17. The molecule has 0 aromatic heterocycles. The molecule has 1 saturated heterocycles. The molecule has 3 nitrogen and oxygen atoms in total.